The van der Waals surface area contributed by atoms with Gasteiger partial charge in [-0.25, -0.2) is 4.79 Å². The first-order chi connectivity index (χ1) is 13.5. The van der Waals surface area contributed by atoms with Crippen molar-refractivity contribution in [3.8, 4) is 5.75 Å². The number of carbonyl (C=O) groups excluding carboxylic acids is 3. The van der Waals surface area contributed by atoms with E-state index < -0.39 is 6.16 Å². The molecule has 0 atom stereocenters. The molecule has 7 nitrogen and oxygen atoms in total. The fourth-order valence-corrected chi connectivity index (χ4v) is 3.30. The van der Waals surface area contributed by atoms with Crippen LogP contribution in [-0.2, 0) is 9.53 Å². The Hall–Kier alpha value is -2.57. The fraction of sp³-hybridized carbons (Fsp3) is 0.571. The average molecular weight is 390 g/mol. The number of carbonyl (C=O) groups is 3. The predicted molar refractivity (Wildman–Crippen MR) is 105 cm³/mol. The van der Waals surface area contributed by atoms with E-state index >= 15 is 0 Å². The van der Waals surface area contributed by atoms with Gasteiger partial charge < -0.3 is 19.7 Å². The van der Waals surface area contributed by atoms with Crippen molar-refractivity contribution >= 4 is 18.0 Å². The second-order valence-electron chi connectivity index (χ2n) is 6.90. The van der Waals surface area contributed by atoms with Gasteiger partial charge >= 0.3 is 6.16 Å². The number of hydrogen-bond donors (Lipinski definition) is 1. The van der Waals surface area contributed by atoms with Gasteiger partial charge in [0.1, 0.15) is 5.75 Å². The number of piperidine rings is 1. The van der Waals surface area contributed by atoms with Gasteiger partial charge in [-0.05, 0) is 56.9 Å². The number of benzene rings is 1. The Labute approximate surface area is 166 Å². The lowest BCUT2D eigenvalue weighted by Crippen LogP contribution is -2.47. The molecule has 1 aliphatic heterocycles. The number of rotatable bonds is 7. The standard InChI is InChI=1S/C21H30N2O5/c1-4-15(5-2)19(24)22-17-11-13-23(14-12-17)20(25)16-7-9-18(10-8-16)28-21(26)27-6-3/h7-10,15,17H,4-6,11-14H2,1-3H3,(H,22,24). The maximum absolute atomic E-state index is 12.7. The van der Waals surface area contributed by atoms with Crippen LogP contribution in [0.5, 0.6) is 5.75 Å². The van der Waals surface area contributed by atoms with E-state index in [9.17, 15) is 14.4 Å². The number of amides is 2. The lowest BCUT2D eigenvalue weighted by molar-refractivity contribution is -0.126. The highest BCUT2D eigenvalue weighted by Crippen LogP contribution is 2.18. The first-order valence-electron chi connectivity index (χ1n) is 10.0. The summed E-state index contributed by atoms with van der Waals surface area (Å²) in [6.45, 7) is 7.20. The number of nitrogens with one attached hydrogen (secondary N) is 1. The highest BCUT2D eigenvalue weighted by atomic mass is 16.7. The van der Waals surface area contributed by atoms with Gasteiger partial charge in [-0.15, -0.1) is 0 Å². The van der Waals surface area contributed by atoms with Crippen molar-refractivity contribution in [3.05, 3.63) is 29.8 Å². The van der Waals surface area contributed by atoms with Gasteiger partial charge in [0.25, 0.3) is 5.91 Å². The Morgan fingerprint density at radius 2 is 1.68 bits per heavy atom. The van der Waals surface area contributed by atoms with Gasteiger partial charge in [0.05, 0.1) is 6.61 Å². The fourth-order valence-electron chi connectivity index (χ4n) is 3.30. The number of likely N-dealkylation sites (tertiary alicyclic amines) is 1. The Balaban J connectivity index is 1.84. The quantitative estimate of drug-likeness (QED) is 0.570. The number of nitrogens with zero attached hydrogens (tertiary/aromatic N) is 1. The maximum atomic E-state index is 12.7. The summed E-state index contributed by atoms with van der Waals surface area (Å²) in [6, 6.07) is 6.55. The molecule has 1 N–H and O–H groups in total. The Bertz CT molecular complexity index is 662. The van der Waals surface area contributed by atoms with Crippen molar-refractivity contribution in [2.75, 3.05) is 19.7 Å². The molecule has 2 rings (SSSR count). The van der Waals surface area contributed by atoms with E-state index in [0.717, 1.165) is 25.7 Å². The van der Waals surface area contributed by atoms with Crippen molar-refractivity contribution in [2.45, 2.75) is 52.5 Å². The molecule has 1 aliphatic rings. The second kappa shape index (κ2) is 10.7. The van der Waals surface area contributed by atoms with Crippen LogP contribution in [0.4, 0.5) is 4.79 Å². The molecule has 1 aromatic carbocycles. The Morgan fingerprint density at radius 3 is 2.21 bits per heavy atom. The third-order valence-electron chi connectivity index (χ3n) is 5.05. The van der Waals surface area contributed by atoms with E-state index in [2.05, 4.69) is 5.32 Å². The third kappa shape index (κ3) is 5.97. The summed E-state index contributed by atoms with van der Waals surface area (Å²) in [5.74, 6) is 0.451. The van der Waals surface area contributed by atoms with Gasteiger partial charge in [0.15, 0.2) is 0 Å². The first kappa shape index (κ1) is 21.7. The minimum atomic E-state index is -0.765. The van der Waals surface area contributed by atoms with Crippen molar-refractivity contribution in [1.29, 1.82) is 0 Å². The van der Waals surface area contributed by atoms with E-state index in [0.29, 0.717) is 24.4 Å². The van der Waals surface area contributed by atoms with E-state index in [1.54, 1.807) is 36.1 Å². The van der Waals surface area contributed by atoms with E-state index in [1.165, 1.54) is 0 Å². The molecule has 0 aromatic heterocycles. The van der Waals surface area contributed by atoms with Crippen LogP contribution in [0, 0.1) is 5.92 Å². The molecule has 1 saturated heterocycles. The van der Waals surface area contributed by atoms with E-state index in [-0.39, 0.29) is 30.4 Å². The molecule has 154 valence electrons. The summed E-state index contributed by atoms with van der Waals surface area (Å²) < 4.78 is 9.72. The largest absolute Gasteiger partial charge is 0.513 e. The molecule has 0 saturated carbocycles. The molecule has 0 aliphatic carbocycles. The average Bonchev–Trinajstić information content (AvgIpc) is 2.70. The SMILES string of the molecule is CCOC(=O)Oc1ccc(C(=O)N2CCC(NC(=O)C(CC)CC)CC2)cc1. The van der Waals surface area contributed by atoms with Crippen molar-refractivity contribution in [2.24, 2.45) is 5.92 Å². The summed E-state index contributed by atoms with van der Waals surface area (Å²) in [5.41, 5.74) is 0.538. The topological polar surface area (TPSA) is 84.9 Å². The minimum Gasteiger partial charge on any atom is -0.434 e. The molecule has 2 amide bonds. The molecular weight excluding hydrogens is 360 g/mol. The zero-order chi connectivity index (χ0) is 20.5. The van der Waals surface area contributed by atoms with Crippen LogP contribution in [-0.4, -0.2) is 48.6 Å². The minimum absolute atomic E-state index is 0.0625. The molecular formula is C21H30N2O5. The molecule has 0 unspecified atom stereocenters. The van der Waals surface area contributed by atoms with Crippen molar-refractivity contribution in [1.82, 2.24) is 10.2 Å². The van der Waals surface area contributed by atoms with Gasteiger partial charge in [0.2, 0.25) is 5.91 Å². The summed E-state index contributed by atoms with van der Waals surface area (Å²) in [7, 11) is 0. The van der Waals surface area contributed by atoms with Crippen molar-refractivity contribution in [3.63, 3.8) is 0 Å². The van der Waals surface area contributed by atoms with Gasteiger partial charge in [-0.1, -0.05) is 13.8 Å². The number of hydrogen-bond acceptors (Lipinski definition) is 5. The lowest BCUT2D eigenvalue weighted by Gasteiger charge is -2.33. The first-order valence-corrected chi connectivity index (χ1v) is 10.0. The zero-order valence-electron chi connectivity index (χ0n) is 16.9. The molecule has 7 heteroatoms. The van der Waals surface area contributed by atoms with Crippen LogP contribution in [0.1, 0.15) is 56.8 Å². The van der Waals surface area contributed by atoms with Crippen LogP contribution in [0.15, 0.2) is 24.3 Å². The smallest absolute Gasteiger partial charge is 0.434 e. The van der Waals surface area contributed by atoms with Gasteiger partial charge in [-0.2, -0.15) is 0 Å². The molecule has 0 radical (unpaired) electrons. The molecule has 1 heterocycles. The van der Waals surface area contributed by atoms with Crippen LogP contribution < -0.4 is 10.1 Å². The highest BCUT2D eigenvalue weighted by molar-refractivity contribution is 5.94. The normalized spacial score (nSPS) is 14.6. The third-order valence-corrected chi connectivity index (χ3v) is 5.05. The van der Waals surface area contributed by atoms with Crippen molar-refractivity contribution < 1.29 is 23.9 Å². The van der Waals surface area contributed by atoms with E-state index in [1.807, 2.05) is 13.8 Å². The van der Waals surface area contributed by atoms with Crippen LogP contribution >= 0.6 is 0 Å². The summed E-state index contributed by atoms with van der Waals surface area (Å²) in [6.07, 6.45) is 2.42. The van der Waals surface area contributed by atoms with E-state index in [4.69, 9.17) is 9.47 Å². The molecule has 0 bridgehead atoms. The second-order valence-corrected chi connectivity index (χ2v) is 6.90. The number of ether oxygens (including phenoxy) is 2. The molecule has 0 spiro atoms. The van der Waals surface area contributed by atoms with Crippen LogP contribution in [0.25, 0.3) is 0 Å². The summed E-state index contributed by atoms with van der Waals surface area (Å²) >= 11 is 0. The summed E-state index contributed by atoms with van der Waals surface area (Å²) in [5, 5.41) is 3.12. The lowest BCUT2D eigenvalue weighted by atomic mass is 9.99. The molecule has 1 aromatic rings. The van der Waals surface area contributed by atoms with Crippen LogP contribution in [0.2, 0.25) is 0 Å². The van der Waals surface area contributed by atoms with Crippen LogP contribution in [0.3, 0.4) is 0 Å². The Morgan fingerprint density at radius 1 is 1.07 bits per heavy atom. The van der Waals surface area contributed by atoms with Gasteiger partial charge in [0, 0.05) is 30.6 Å². The maximum Gasteiger partial charge on any atom is 0.513 e. The Kier molecular flexibility index (Phi) is 8.29. The molecule has 1 fully saturated rings. The molecule has 28 heavy (non-hydrogen) atoms. The highest BCUT2D eigenvalue weighted by Gasteiger charge is 2.26. The van der Waals surface area contributed by atoms with Gasteiger partial charge in [-0.3, -0.25) is 9.59 Å². The zero-order valence-corrected chi connectivity index (χ0v) is 16.9. The predicted octanol–water partition coefficient (Wildman–Crippen LogP) is 3.38. The summed E-state index contributed by atoms with van der Waals surface area (Å²) in [4.78, 5) is 38.0. The monoisotopic (exact) mass is 390 g/mol.